The zero-order valence-electron chi connectivity index (χ0n) is 13.4. The van der Waals surface area contributed by atoms with E-state index in [0.29, 0.717) is 0 Å². The van der Waals surface area contributed by atoms with Gasteiger partial charge in [0.25, 0.3) is 11.7 Å². The van der Waals surface area contributed by atoms with Crippen LogP contribution in [0.4, 0.5) is 0 Å². The van der Waals surface area contributed by atoms with Crippen LogP contribution in [0.3, 0.4) is 0 Å². The maximum Gasteiger partial charge on any atom is 0.296 e. The summed E-state index contributed by atoms with van der Waals surface area (Å²) < 4.78 is 6.80. The van der Waals surface area contributed by atoms with Crippen LogP contribution in [0.5, 0.6) is 0 Å². The summed E-state index contributed by atoms with van der Waals surface area (Å²) in [5, 5.41) is 7.23. The van der Waals surface area contributed by atoms with E-state index >= 15 is 0 Å². The molecule has 25 heavy (non-hydrogen) atoms. The van der Waals surface area contributed by atoms with Gasteiger partial charge in [0.1, 0.15) is 0 Å². The van der Waals surface area contributed by atoms with Gasteiger partial charge in [-0.2, -0.15) is 5.10 Å². The zero-order chi connectivity index (χ0) is 17.2. The highest BCUT2D eigenvalue weighted by molar-refractivity contribution is 6.42. The van der Waals surface area contributed by atoms with Crippen molar-refractivity contribution >= 4 is 11.7 Å². The fourth-order valence-electron chi connectivity index (χ4n) is 3.13. The van der Waals surface area contributed by atoms with E-state index in [1.165, 1.54) is 12.3 Å². The highest BCUT2D eigenvalue weighted by atomic mass is 16.3. The number of pyridine rings is 1. The first-order valence-corrected chi connectivity index (χ1v) is 8.11. The Morgan fingerprint density at radius 1 is 1.24 bits per heavy atom. The highest BCUT2D eigenvalue weighted by Gasteiger charge is 2.29. The number of hydrogen-bond donors (Lipinski definition) is 1. The standard InChI is InChI=1S/C18H16N4O3/c23-17(15-7-4-10-25-15)18(24)21-13-5-3-6-14-12(13)11-20-22(14)16-8-1-2-9-19-16/h1-2,4,7-11,13H,3,5-6H2,(H,21,24)/t13-/m0/s1. The number of nitrogens with zero attached hydrogens (tertiary/aromatic N) is 3. The molecule has 3 heterocycles. The Bertz CT molecular complexity index is 900. The van der Waals surface area contributed by atoms with Gasteiger partial charge in [-0.3, -0.25) is 9.59 Å². The van der Waals surface area contributed by atoms with Crippen LogP contribution < -0.4 is 5.32 Å². The van der Waals surface area contributed by atoms with E-state index in [4.69, 9.17) is 4.42 Å². The third-order valence-corrected chi connectivity index (χ3v) is 4.31. The van der Waals surface area contributed by atoms with Crippen molar-refractivity contribution in [1.82, 2.24) is 20.1 Å². The number of carbonyl (C=O) groups is 2. The number of furan rings is 1. The summed E-state index contributed by atoms with van der Waals surface area (Å²) >= 11 is 0. The van der Waals surface area contributed by atoms with E-state index < -0.39 is 11.7 Å². The third kappa shape index (κ3) is 2.84. The maximum atomic E-state index is 12.2. The second kappa shape index (κ2) is 6.35. The minimum absolute atomic E-state index is 0.0395. The molecule has 3 aromatic heterocycles. The number of amides is 1. The molecule has 0 unspecified atom stereocenters. The summed E-state index contributed by atoms with van der Waals surface area (Å²) in [6, 6.07) is 8.45. The van der Waals surface area contributed by atoms with E-state index in [-0.39, 0.29) is 11.8 Å². The van der Waals surface area contributed by atoms with Crippen molar-refractivity contribution in [3.8, 4) is 5.82 Å². The Hall–Kier alpha value is -3.22. The van der Waals surface area contributed by atoms with Gasteiger partial charge in [-0.15, -0.1) is 0 Å². The second-order valence-electron chi connectivity index (χ2n) is 5.87. The number of Topliss-reactive ketones (excluding diaryl/α,β-unsaturated/α-hetero) is 1. The highest BCUT2D eigenvalue weighted by Crippen LogP contribution is 2.30. The fourth-order valence-corrected chi connectivity index (χ4v) is 3.13. The molecule has 1 aliphatic rings. The molecule has 0 aliphatic heterocycles. The lowest BCUT2D eigenvalue weighted by atomic mass is 9.92. The fraction of sp³-hybridized carbons (Fsp3) is 0.222. The average Bonchev–Trinajstić information content (AvgIpc) is 3.32. The molecule has 126 valence electrons. The molecule has 1 atom stereocenters. The maximum absolute atomic E-state index is 12.2. The van der Waals surface area contributed by atoms with Crippen LogP contribution in [0.15, 0.2) is 53.4 Å². The quantitative estimate of drug-likeness (QED) is 0.583. The molecule has 1 amide bonds. The van der Waals surface area contributed by atoms with Gasteiger partial charge >= 0.3 is 0 Å². The lowest BCUT2D eigenvalue weighted by Crippen LogP contribution is -2.35. The molecule has 0 saturated heterocycles. The van der Waals surface area contributed by atoms with Crippen molar-refractivity contribution in [3.05, 3.63) is 66.0 Å². The predicted octanol–water partition coefficient (Wildman–Crippen LogP) is 2.24. The molecule has 7 heteroatoms. The molecule has 0 bridgehead atoms. The van der Waals surface area contributed by atoms with Crippen LogP contribution in [0.25, 0.3) is 5.82 Å². The molecule has 1 N–H and O–H groups in total. The summed E-state index contributed by atoms with van der Waals surface area (Å²) in [6.07, 6.45) is 7.34. The summed E-state index contributed by atoms with van der Waals surface area (Å²) in [6.45, 7) is 0. The van der Waals surface area contributed by atoms with Gasteiger partial charge in [0.2, 0.25) is 0 Å². The van der Waals surface area contributed by atoms with Gasteiger partial charge in [-0.05, 0) is 43.5 Å². The van der Waals surface area contributed by atoms with Gasteiger partial charge in [0.15, 0.2) is 11.6 Å². The Morgan fingerprint density at radius 3 is 2.92 bits per heavy atom. The second-order valence-corrected chi connectivity index (χ2v) is 5.87. The number of carbonyl (C=O) groups excluding carboxylic acids is 2. The third-order valence-electron chi connectivity index (χ3n) is 4.31. The van der Waals surface area contributed by atoms with Crippen molar-refractivity contribution in [3.63, 3.8) is 0 Å². The number of hydrogen-bond acceptors (Lipinski definition) is 5. The van der Waals surface area contributed by atoms with Gasteiger partial charge < -0.3 is 9.73 Å². The number of rotatable bonds is 4. The van der Waals surface area contributed by atoms with Gasteiger partial charge in [-0.1, -0.05) is 6.07 Å². The van der Waals surface area contributed by atoms with E-state index in [1.807, 2.05) is 18.2 Å². The smallest absolute Gasteiger partial charge is 0.296 e. The SMILES string of the molecule is O=C(N[C@H]1CCCc2c1cnn2-c1ccccn1)C(=O)c1ccco1. The summed E-state index contributed by atoms with van der Waals surface area (Å²) in [5.41, 5.74) is 1.94. The number of fused-ring (bicyclic) bond motifs is 1. The van der Waals surface area contributed by atoms with Crippen molar-refractivity contribution in [2.75, 3.05) is 0 Å². The van der Waals surface area contributed by atoms with Crippen LogP contribution in [0.2, 0.25) is 0 Å². The van der Waals surface area contributed by atoms with Crippen LogP contribution in [-0.4, -0.2) is 26.5 Å². The van der Waals surface area contributed by atoms with Crippen molar-refractivity contribution in [2.24, 2.45) is 0 Å². The van der Waals surface area contributed by atoms with Gasteiger partial charge in [0, 0.05) is 11.8 Å². The monoisotopic (exact) mass is 336 g/mol. The Morgan fingerprint density at radius 2 is 2.16 bits per heavy atom. The molecular formula is C18H16N4O3. The van der Waals surface area contributed by atoms with Crippen LogP contribution in [0, 0.1) is 0 Å². The first-order valence-electron chi connectivity index (χ1n) is 8.11. The molecule has 4 rings (SSSR count). The predicted molar refractivity (Wildman–Crippen MR) is 88.2 cm³/mol. The molecule has 0 aromatic carbocycles. The van der Waals surface area contributed by atoms with Crippen molar-refractivity contribution in [2.45, 2.75) is 25.3 Å². The Labute approximate surface area is 143 Å². The van der Waals surface area contributed by atoms with E-state index in [9.17, 15) is 9.59 Å². The average molecular weight is 336 g/mol. The minimum Gasteiger partial charge on any atom is -0.461 e. The normalized spacial score (nSPS) is 16.2. The summed E-state index contributed by atoms with van der Waals surface area (Å²) in [4.78, 5) is 28.6. The number of ketones is 1. The molecule has 7 nitrogen and oxygen atoms in total. The van der Waals surface area contributed by atoms with Crippen molar-refractivity contribution in [1.29, 1.82) is 0 Å². The minimum atomic E-state index is -0.672. The van der Waals surface area contributed by atoms with E-state index in [0.717, 1.165) is 36.3 Å². The van der Waals surface area contributed by atoms with E-state index in [1.54, 1.807) is 23.1 Å². The molecule has 0 spiro atoms. The Balaban J connectivity index is 1.57. The van der Waals surface area contributed by atoms with Crippen molar-refractivity contribution < 1.29 is 14.0 Å². The molecule has 3 aromatic rings. The lowest BCUT2D eigenvalue weighted by Gasteiger charge is -2.23. The van der Waals surface area contributed by atoms with E-state index in [2.05, 4.69) is 15.4 Å². The number of nitrogens with one attached hydrogen (secondary N) is 1. The first-order chi connectivity index (χ1) is 12.2. The molecule has 0 saturated carbocycles. The first kappa shape index (κ1) is 15.3. The van der Waals surface area contributed by atoms with Gasteiger partial charge in [0.05, 0.1) is 24.2 Å². The van der Waals surface area contributed by atoms with Gasteiger partial charge in [-0.25, -0.2) is 9.67 Å². The topological polar surface area (TPSA) is 90.0 Å². The lowest BCUT2D eigenvalue weighted by molar-refractivity contribution is -0.117. The zero-order valence-corrected chi connectivity index (χ0v) is 13.4. The molecular weight excluding hydrogens is 320 g/mol. The molecule has 0 radical (unpaired) electrons. The summed E-state index contributed by atoms with van der Waals surface area (Å²) in [7, 11) is 0. The molecule has 0 fully saturated rings. The van der Waals surface area contributed by atoms with Crippen LogP contribution in [-0.2, 0) is 11.2 Å². The Kier molecular flexibility index (Phi) is 3.89. The van der Waals surface area contributed by atoms with Crippen LogP contribution >= 0.6 is 0 Å². The largest absolute Gasteiger partial charge is 0.461 e. The van der Waals surface area contributed by atoms with Crippen LogP contribution in [0.1, 0.15) is 40.7 Å². The molecule has 1 aliphatic carbocycles. The summed E-state index contributed by atoms with van der Waals surface area (Å²) in [5.74, 6) is -0.562. The number of aromatic nitrogens is 3.